The number of H-pyrrole nitrogens is 1. The molecular formula is C17H13F2N3O. The van der Waals surface area contributed by atoms with Gasteiger partial charge in [0.05, 0.1) is 5.69 Å². The Morgan fingerprint density at radius 2 is 1.83 bits per heavy atom. The number of amides is 1. The number of nitrogens with one attached hydrogen (secondary N) is 2. The number of rotatable bonds is 4. The SMILES string of the molecule is O=C(NCc1ccccc1F)c1cc(-c2ccc(F)cc2)n[nH]1. The van der Waals surface area contributed by atoms with Crippen LogP contribution in [-0.4, -0.2) is 16.1 Å². The molecule has 0 saturated carbocycles. The summed E-state index contributed by atoms with van der Waals surface area (Å²) in [4.78, 5) is 12.1. The summed E-state index contributed by atoms with van der Waals surface area (Å²) in [6, 6.07) is 13.6. The van der Waals surface area contributed by atoms with Crippen LogP contribution in [0.2, 0.25) is 0 Å². The normalized spacial score (nSPS) is 10.5. The predicted octanol–water partition coefficient (Wildman–Crippen LogP) is 3.28. The summed E-state index contributed by atoms with van der Waals surface area (Å²) in [6.07, 6.45) is 0. The van der Waals surface area contributed by atoms with Gasteiger partial charge in [0.2, 0.25) is 0 Å². The summed E-state index contributed by atoms with van der Waals surface area (Å²) >= 11 is 0. The molecule has 0 fully saturated rings. The maximum atomic E-state index is 13.5. The highest BCUT2D eigenvalue weighted by Gasteiger charge is 2.11. The Kier molecular flexibility index (Phi) is 4.14. The molecule has 0 unspecified atom stereocenters. The second kappa shape index (κ2) is 6.39. The van der Waals surface area contributed by atoms with E-state index in [1.807, 2.05) is 0 Å². The van der Waals surface area contributed by atoms with Crippen molar-refractivity contribution in [3.63, 3.8) is 0 Å². The largest absolute Gasteiger partial charge is 0.347 e. The highest BCUT2D eigenvalue weighted by atomic mass is 19.1. The molecule has 3 aromatic rings. The standard InChI is InChI=1S/C17H13F2N3O/c18-13-7-5-11(6-8-13)15-9-16(22-21-15)17(23)20-10-12-3-1-2-4-14(12)19/h1-9H,10H2,(H,20,23)(H,21,22). The summed E-state index contributed by atoms with van der Waals surface area (Å²) in [7, 11) is 0. The van der Waals surface area contributed by atoms with E-state index in [1.165, 1.54) is 18.2 Å². The second-order valence-corrected chi connectivity index (χ2v) is 4.95. The van der Waals surface area contributed by atoms with Crippen LogP contribution in [0, 0.1) is 11.6 Å². The third-order valence-corrected chi connectivity index (χ3v) is 3.36. The van der Waals surface area contributed by atoms with Gasteiger partial charge in [-0.3, -0.25) is 9.89 Å². The Labute approximate surface area is 131 Å². The van der Waals surface area contributed by atoms with Crippen molar-refractivity contribution in [2.24, 2.45) is 0 Å². The summed E-state index contributed by atoms with van der Waals surface area (Å²) in [6.45, 7) is 0.0798. The Morgan fingerprint density at radius 3 is 2.57 bits per heavy atom. The third kappa shape index (κ3) is 3.42. The molecule has 1 aromatic heterocycles. The lowest BCUT2D eigenvalue weighted by atomic mass is 10.1. The first-order valence-electron chi connectivity index (χ1n) is 6.96. The highest BCUT2D eigenvalue weighted by Crippen LogP contribution is 2.18. The average molecular weight is 313 g/mol. The molecule has 0 saturated heterocycles. The fraction of sp³-hybridized carbons (Fsp3) is 0.0588. The fourth-order valence-corrected chi connectivity index (χ4v) is 2.12. The fourth-order valence-electron chi connectivity index (χ4n) is 2.12. The van der Waals surface area contributed by atoms with Gasteiger partial charge < -0.3 is 5.32 Å². The average Bonchev–Trinajstić information content (AvgIpc) is 3.04. The second-order valence-electron chi connectivity index (χ2n) is 4.95. The topological polar surface area (TPSA) is 57.8 Å². The molecular weight excluding hydrogens is 300 g/mol. The zero-order valence-corrected chi connectivity index (χ0v) is 12.0. The van der Waals surface area contributed by atoms with Crippen LogP contribution in [0.1, 0.15) is 16.1 Å². The van der Waals surface area contributed by atoms with E-state index in [1.54, 1.807) is 36.4 Å². The first kappa shape index (κ1) is 14.9. The Morgan fingerprint density at radius 1 is 1.09 bits per heavy atom. The molecule has 0 aliphatic carbocycles. The molecule has 0 aliphatic rings. The Bertz CT molecular complexity index is 828. The summed E-state index contributed by atoms with van der Waals surface area (Å²) in [5.41, 5.74) is 1.87. The van der Waals surface area contributed by atoms with Crippen LogP contribution >= 0.6 is 0 Å². The zero-order chi connectivity index (χ0) is 16.2. The molecule has 0 atom stereocenters. The molecule has 2 N–H and O–H groups in total. The van der Waals surface area contributed by atoms with E-state index in [2.05, 4.69) is 15.5 Å². The molecule has 23 heavy (non-hydrogen) atoms. The predicted molar refractivity (Wildman–Crippen MR) is 81.6 cm³/mol. The summed E-state index contributed by atoms with van der Waals surface area (Å²) in [5.74, 6) is -1.11. The van der Waals surface area contributed by atoms with Crippen molar-refractivity contribution in [3.05, 3.63) is 77.5 Å². The van der Waals surface area contributed by atoms with E-state index in [0.29, 0.717) is 16.8 Å². The van der Waals surface area contributed by atoms with Crippen molar-refractivity contribution in [1.82, 2.24) is 15.5 Å². The Hall–Kier alpha value is -3.02. The van der Waals surface area contributed by atoms with E-state index in [9.17, 15) is 13.6 Å². The van der Waals surface area contributed by atoms with Crippen LogP contribution < -0.4 is 5.32 Å². The van der Waals surface area contributed by atoms with Gasteiger partial charge in [0, 0.05) is 17.7 Å². The van der Waals surface area contributed by atoms with Crippen LogP contribution in [0.3, 0.4) is 0 Å². The number of hydrogen-bond donors (Lipinski definition) is 2. The van der Waals surface area contributed by atoms with E-state index < -0.39 is 5.91 Å². The maximum Gasteiger partial charge on any atom is 0.269 e. The van der Waals surface area contributed by atoms with E-state index in [0.717, 1.165) is 0 Å². The first-order chi connectivity index (χ1) is 11.1. The number of carbonyl (C=O) groups is 1. The lowest BCUT2D eigenvalue weighted by Gasteiger charge is -2.04. The van der Waals surface area contributed by atoms with Gasteiger partial charge in [-0.1, -0.05) is 18.2 Å². The smallest absolute Gasteiger partial charge is 0.269 e. The van der Waals surface area contributed by atoms with Crippen molar-refractivity contribution in [3.8, 4) is 11.3 Å². The van der Waals surface area contributed by atoms with Crippen molar-refractivity contribution < 1.29 is 13.6 Å². The van der Waals surface area contributed by atoms with Crippen LogP contribution in [0.25, 0.3) is 11.3 Å². The lowest BCUT2D eigenvalue weighted by Crippen LogP contribution is -2.23. The number of halogens is 2. The Balaban J connectivity index is 1.69. The molecule has 116 valence electrons. The van der Waals surface area contributed by atoms with Gasteiger partial charge in [-0.05, 0) is 36.4 Å². The van der Waals surface area contributed by atoms with Gasteiger partial charge in [0.1, 0.15) is 17.3 Å². The van der Waals surface area contributed by atoms with Gasteiger partial charge in [-0.25, -0.2) is 8.78 Å². The minimum atomic E-state index is -0.394. The molecule has 3 rings (SSSR count). The minimum absolute atomic E-state index is 0.0798. The van der Waals surface area contributed by atoms with Gasteiger partial charge >= 0.3 is 0 Å². The number of nitrogens with zero attached hydrogens (tertiary/aromatic N) is 1. The minimum Gasteiger partial charge on any atom is -0.347 e. The highest BCUT2D eigenvalue weighted by molar-refractivity contribution is 5.93. The van der Waals surface area contributed by atoms with Crippen LogP contribution in [0.5, 0.6) is 0 Å². The molecule has 6 heteroatoms. The molecule has 0 aliphatic heterocycles. The van der Waals surface area contributed by atoms with Gasteiger partial charge in [-0.2, -0.15) is 5.10 Å². The monoisotopic (exact) mass is 313 g/mol. The lowest BCUT2D eigenvalue weighted by molar-refractivity contribution is 0.0945. The van der Waals surface area contributed by atoms with Crippen LogP contribution in [-0.2, 0) is 6.54 Å². The van der Waals surface area contributed by atoms with Gasteiger partial charge in [0.25, 0.3) is 5.91 Å². The van der Waals surface area contributed by atoms with Crippen molar-refractivity contribution in [2.75, 3.05) is 0 Å². The van der Waals surface area contributed by atoms with Crippen molar-refractivity contribution in [1.29, 1.82) is 0 Å². The van der Waals surface area contributed by atoms with Crippen LogP contribution in [0.15, 0.2) is 54.6 Å². The molecule has 4 nitrogen and oxygen atoms in total. The molecule has 1 amide bonds. The molecule has 2 aromatic carbocycles. The molecule has 0 radical (unpaired) electrons. The number of carbonyl (C=O) groups excluding carboxylic acids is 1. The van der Waals surface area contributed by atoms with Crippen molar-refractivity contribution in [2.45, 2.75) is 6.54 Å². The third-order valence-electron chi connectivity index (χ3n) is 3.36. The first-order valence-corrected chi connectivity index (χ1v) is 6.96. The molecule has 0 bridgehead atoms. The van der Waals surface area contributed by atoms with Crippen LogP contribution in [0.4, 0.5) is 8.78 Å². The molecule has 0 spiro atoms. The van der Waals surface area contributed by atoms with E-state index in [4.69, 9.17) is 0 Å². The number of aromatic nitrogens is 2. The van der Waals surface area contributed by atoms with Gasteiger partial charge in [0.15, 0.2) is 0 Å². The van der Waals surface area contributed by atoms with E-state index in [-0.39, 0.29) is 23.9 Å². The quantitative estimate of drug-likeness (QED) is 0.776. The maximum absolute atomic E-state index is 13.5. The summed E-state index contributed by atoms with van der Waals surface area (Å²) < 4.78 is 26.4. The van der Waals surface area contributed by atoms with Gasteiger partial charge in [-0.15, -0.1) is 0 Å². The molecule has 1 heterocycles. The van der Waals surface area contributed by atoms with Crippen molar-refractivity contribution >= 4 is 5.91 Å². The number of hydrogen-bond acceptors (Lipinski definition) is 2. The van der Waals surface area contributed by atoms with E-state index >= 15 is 0 Å². The number of benzene rings is 2. The summed E-state index contributed by atoms with van der Waals surface area (Å²) in [5, 5.41) is 9.27. The number of aromatic amines is 1. The zero-order valence-electron chi connectivity index (χ0n) is 12.0.